The summed E-state index contributed by atoms with van der Waals surface area (Å²) in [6, 6.07) is 5.06. The average Bonchev–Trinajstić information content (AvgIpc) is 2.96. The van der Waals surface area contributed by atoms with Crippen molar-refractivity contribution in [2.75, 3.05) is 11.6 Å². The molecule has 1 aromatic heterocycles. The van der Waals surface area contributed by atoms with Crippen molar-refractivity contribution in [1.82, 2.24) is 4.98 Å². The van der Waals surface area contributed by atoms with Crippen molar-refractivity contribution >= 4 is 17.6 Å². The molecule has 0 amide bonds. The fraction of sp³-hybridized carbons (Fsp3) is 0.643. The third kappa shape index (κ3) is 2.44. The third-order valence-electron chi connectivity index (χ3n) is 4.00. The highest BCUT2D eigenvalue weighted by Gasteiger charge is 2.24. The van der Waals surface area contributed by atoms with Crippen molar-refractivity contribution in [2.45, 2.75) is 49.8 Å². The van der Waals surface area contributed by atoms with Crippen LogP contribution in [0, 0.1) is 0 Å². The van der Waals surface area contributed by atoms with Crippen molar-refractivity contribution < 1.29 is 0 Å². The van der Waals surface area contributed by atoms with Crippen LogP contribution in [0.5, 0.6) is 0 Å². The van der Waals surface area contributed by atoms with E-state index in [0.717, 1.165) is 11.1 Å². The molecule has 2 aliphatic rings. The Kier molecular flexibility index (Phi) is 3.28. The maximum absolute atomic E-state index is 4.75. The summed E-state index contributed by atoms with van der Waals surface area (Å²) in [5.74, 6) is 1.09. The molecule has 1 heterocycles. The van der Waals surface area contributed by atoms with Crippen LogP contribution in [0.2, 0.25) is 0 Å². The Bertz CT molecular complexity index is 405. The Morgan fingerprint density at radius 2 is 2.24 bits per heavy atom. The summed E-state index contributed by atoms with van der Waals surface area (Å²) < 4.78 is 0. The quantitative estimate of drug-likeness (QED) is 0.888. The lowest BCUT2D eigenvalue weighted by Gasteiger charge is -2.14. The minimum Gasteiger partial charge on any atom is -0.367 e. The third-order valence-corrected chi connectivity index (χ3v) is 5.09. The molecule has 1 saturated carbocycles. The summed E-state index contributed by atoms with van der Waals surface area (Å²) in [6.45, 7) is 0. The van der Waals surface area contributed by atoms with Crippen LogP contribution in [0.25, 0.3) is 0 Å². The zero-order valence-electron chi connectivity index (χ0n) is 10.4. The van der Waals surface area contributed by atoms with Gasteiger partial charge in [0.2, 0.25) is 0 Å². The predicted molar refractivity (Wildman–Crippen MR) is 74.8 cm³/mol. The zero-order valence-corrected chi connectivity index (χ0v) is 11.2. The normalized spacial score (nSPS) is 27.1. The van der Waals surface area contributed by atoms with Gasteiger partial charge in [-0.15, -0.1) is 0 Å². The van der Waals surface area contributed by atoms with E-state index in [1.807, 2.05) is 11.8 Å². The van der Waals surface area contributed by atoms with Gasteiger partial charge in [0.1, 0.15) is 5.82 Å². The maximum Gasteiger partial charge on any atom is 0.126 e. The van der Waals surface area contributed by atoms with E-state index in [1.165, 1.54) is 49.8 Å². The zero-order chi connectivity index (χ0) is 11.7. The molecule has 0 radical (unpaired) electrons. The Hall–Kier alpha value is -0.700. The highest BCUT2D eigenvalue weighted by atomic mass is 32.2. The lowest BCUT2D eigenvalue weighted by atomic mass is 10.2. The largest absolute Gasteiger partial charge is 0.367 e. The van der Waals surface area contributed by atoms with E-state index in [1.54, 1.807) is 0 Å². The molecule has 1 fully saturated rings. The number of nitrogens with one attached hydrogen (secondary N) is 1. The number of nitrogens with zero attached hydrogens (tertiary/aromatic N) is 1. The van der Waals surface area contributed by atoms with Gasteiger partial charge in [0.05, 0.1) is 0 Å². The number of thioether (sulfide) groups is 1. The molecule has 3 rings (SSSR count). The van der Waals surface area contributed by atoms with Crippen LogP contribution in [0.4, 0.5) is 5.82 Å². The van der Waals surface area contributed by atoms with Crippen LogP contribution in [-0.4, -0.2) is 22.5 Å². The molecular formula is C14H20N2S. The lowest BCUT2D eigenvalue weighted by Crippen LogP contribution is -2.17. The first-order valence-electron chi connectivity index (χ1n) is 6.63. The van der Waals surface area contributed by atoms with Crippen molar-refractivity contribution in [2.24, 2.45) is 0 Å². The lowest BCUT2D eigenvalue weighted by molar-refractivity contribution is 0.750. The summed E-state index contributed by atoms with van der Waals surface area (Å²) in [4.78, 5) is 4.75. The maximum atomic E-state index is 4.75. The minimum atomic E-state index is 0.638. The minimum absolute atomic E-state index is 0.638. The number of aryl methyl sites for hydroxylation is 2. The number of fused-ring (bicyclic) bond motifs is 1. The topological polar surface area (TPSA) is 24.9 Å². The first kappa shape index (κ1) is 11.4. The van der Waals surface area contributed by atoms with Gasteiger partial charge >= 0.3 is 0 Å². The second-order valence-electron chi connectivity index (χ2n) is 5.17. The van der Waals surface area contributed by atoms with Crippen LogP contribution in [0.1, 0.15) is 36.9 Å². The molecule has 1 N–H and O–H groups in total. The molecule has 0 saturated heterocycles. The van der Waals surface area contributed by atoms with Gasteiger partial charge in [0.25, 0.3) is 0 Å². The first-order valence-corrected chi connectivity index (χ1v) is 7.92. The molecule has 3 heteroatoms. The smallest absolute Gasteiger partial charge is 0.126 e. The van der Waals surface area contributed by atoms with E-state index in [4.69, 9.17) is 4.98 Å². The van der Waals surface area contributed by atoms with Gasteiger partial charge in [0, 0.05) is 17.0 Å². The number of hydrogen-bond donors (Lipinski definition) is 1. The highest BCUT2D eigenvalue weighted by molar-refractivity contribution is 7.99. The summed E-state index contributed by atoms with van der Waals surface area (Å²) in [5.41, 5.74) is 2.79. The molecule has 2 aliphatic carbocycles. The van der Waals surface area contributed by atoms with Gasteiger partial charge in [-0.25, -0.2) is 4.98 Å². The van der Waals surface area contributed by atoms with Gasteiger partial charge < -0.3 is 5.32 Å². The molecule has 17 heavy (non-hydrogen) atoms. The second-order valence-corrected chi connectivity index (χ2v) is 6.31. The fourth-order valence-electron chi connectivity index (χ4n) is 3.00. The first-order chi connectivity index (χ1) is 8.35. The summed E-state index contributed by atoms with van der Waals surface area (Å²) in [6.07, 6.45) is 9.84. The van der Waals surface area contributed by atoms with Gasteiger partial charge in [-0.2, -0.15) is 11.8 Å². The van der Waals surface area contributed by atoms with Crippen LogP contribution in [0.15, 0.2) is 12.1 Å². The van der Waals surface area contributed by atoms with Crippen molar-refractivity contribution in [3.8, 4) is 0 Å². The van der Waals surface area contributed by atoms with E-state index >= 15 is 0 Å². The Morgan fingerprint density at radius 1 is 1.29 bits per heavy atom. The SMILES string of the molecule is CSC1CCC(Nc2ccc3c(n2)CCC3)C1. The predicted octanol–water partition coefficient (Wildman–Crippen LogP) is 3.27. The van der Waals surface area contributed by atoms with Crippen molar-refractivity contribution in [3.63, 3.8) is 0 Å². The fourth-order valence-corrected chi connectivity index (χ4v) is 3.79. The number of aromatic nitrogens is 1. The molecule has 2 unspecified atom stereocenters. The second kappa shape index (κ2) is 4.89. The van der Waals surface area contributed by atoms with Crippen LogP contribution in [-0.2, 0) is 12.8 Å². The van der Waals surface area contributed by atoms with Gasteiger partial charge in [0.15, 0.2) is 0 Å². The Balaban J connectivity index is 1.65. The van der Waals surface area contributed by atoms with E-state index in [9.17, 15) is 0 Å². The summed E-state index contributed by atoms with van der Waals surface area (Å²) in [5, 5.41) is 4.46. The molecular weight excluding hydrogens is 228 g/mol. The molecule has 2 nitrogen and oxygen atoms in total. The van der Waals surface area contributed by atoms with Gasteiger partial charge in [-0.3, -0.25) is 0 Å². The number of rotatable bonds is 3. The Morgan fingerprint density at radius 3 is 3.06 bits per heavy atom. The van der Waals surface area contributed by atoms with Gasteiger partial charge in [-0.1, -0.05) is 6.07 Å². The van der Waals surface area contributed by atoms with E-state index in [2.05, 4.69) is 23.7 Å². The molecule has 92 valence electrons. The van der Waals surface area contributed by atoms with Gasteiger partial charge in [-0.05, 0) is 56.4 Å². The molecule has 0 spiro atoms. The molecule has 1 aromatic rings. The molecule has 0 bridgehead atoms. The Labute approximate surface area is 108 Å². The van der Waals surface area contributed by atoms with E-state index in [0.29, 0.717) is 6.04 Å². The molecule has 0 aliphatic heterocycles. The number of hydrogen-bond acceptors (Lipinski definition) is 3. The summed E-state index contributed by atoms with van der Waals surface area (Å²) in [7, 11) is 0. The highest BCUT2D eigenvalue weighted by Crippen LogP contribution is 2.30. The number of anilines is 1. The van der Waals surface area contributed by atoms with Crippen LogP contribution >= 0.6 is 11.8 Å². The summed E-state index contributed by atoms with van der Waals surface area (Å²) >= 11 is 2.01. The molecule has 2 atom stereocenters. The van der Waals surface area contributed by atoms with E-state index < -0.39 is 0 Å². The van der Waals surface area contributed by atoms with Crippen LogP contribution in [0.3, 0.4) is 0 Å². The van der Waals surface area contributed by atoms with Crippen molar-refractivity contribution in [1.29, 1.82) is 0 Å². The van der Waals surface area contributed by atoms with E-state index in [-0.39, 0.29) is 0 Å². The average molecular weight is 248 g/mol. The number of pyridine rings is 1. The standard InChI is InChI=1S/C14H20N2S/c1-17-12-7-6-11(9-12)15-14-8-5-10-3-2-4-13(10)16-14/h5,8,11-12H,2-4,6-7,9H2,1H3,(H,15,16). The van der Waals surface area contributed by atoms with Crippen molar-refractivity contribution in [3.05, 3.63) is 23.4 Å². The molecule has 0 aromatic carbocycles. The monoisotopic (exact) mass is 248 g/mol. The van der Waals surface area contributed by atoms with Crippen LogP contribution < -0.4 is 5.32 Å².